The molecule has 2 aromatic rings. The highest BCUT2D eigenvalue weighted by Crippen LogP contribution is 2.23. The summed E-state index contributed by atoms with van der Waals surface area (Å²) in [7, 11) is 0. The topological polar surface area (TPSA) is 88.4 Å². The van der Waals surface area contributed by atoms with E-state index in [-0.39, 0.29) is 18.6 Å². The van der Waals surface area contributed by atoms with Gasteiger partial charge in [-0.25, -0.2) is 9.59 Å². The average Bonchev–Trinajstić information content (AvgIpc) is 3.07. The largest absolute Gasteiger partial charge is 0.460 e. The Labute approximate surface area is 128 Å². The lowest BCUT2D eigenvalue weighted by Crippen LogP contribution is -2.42. The van der Waals surface area contributed by atoms with Gasteiger partial charge in [-0.15, -0.1) is 0 Å². The van der Waals surface area contributed by atoms with Crippen LogP contribution in [0.1, 0.15) is 28.9 Å². The number of carbonyl (C=O) groups excluding carboxylic acids is 2. The number of urea groups is 1. The number of para-hydroxylation sites is 1. The smallest absolute Gasteiger partial charge is 0.340 e. The van der Waals surface area contributed by atoms with Crippen molar-refractivity contribution in [3.8, 4) is 0 Å². The first-order chi connectivity index (χ1) is 10.6. The Hall–Kier alpha value is -2.50. The number of aromatic amines is 1. The molecule has 3 rings (SSSR count). The van der Waals surface area contributed by atoms with Gasteiger partial charge in [-0.05, 0) is 25.8 Å². The molecule has 1 aromatic carbocycles. The quantitative estimate of drug-likeness (QED) is 0.852. The van der Waals surface area contributed by atoms with Crippen LogP contribution in [0.25, 0.3) is 10.9 Å². The number of H-pyrrole nitrogens is 1. The number of rotatable bonds is 3. The summed E-state index contributed by atoms with van der Waals surface area (Å²) in [5.41, 5.74) is 7.57. The molecule has 3 N–H and O–H groups in total. The molecule has 6 nitrogen and oxygen atoms in total. The molecule has 0 aliphatic carbocycles. The first-order valence-corrected chi connectivity index (χ1v) is 7.38. The maximum Gasteiger partial charge on any atom is 0.340 e. The molecule has 0 bridgehead atoms. The first kappa shape index (κ1) is 14.4. The number of aryl methyl sites for hydroxylation is 1. The van der Waals surface area contributed by atoms with Gasteiger partial charge in [-0.3, -0.25) is 0 Å². The summed E-state index contributed by atoms with van der Waals surface area (Å²) in [6.45, 7) is 2.66. The molecular formula is C16H19N3O3. The second-order valence-electron chi connectivity index (χ2n) is 5.60. The van der Waals surface area contributed by atoms with E-state index < -0.39 is 6.03 Å². The van der Waals surface area contributed by atoms with Crippen molar-refractivity contribution in [1.82, 2.24) is 9.88 Å². The van der Waals surface area contributed by atoms with Gasteiger partial charge in [0, 0.05) is 23.1 Å². The zero-order valence-electron chi connectivity index (χ0n) is 12.5. The molecule has 6 heteroatoms. The minimum atomic E-state index is -0.457. The highest BCUT2D eigenvalue weighted by molar-refractivity contribution is 6.05. The van der Waals surface area contributed by atoms with E-state index in [0.29, 0.717) is 12.1 Å². The molecule has 1 aliphatic rings. The lowest BCUT2D eigenvalue weighted by molar-refractivity contribution is 0.0423. The van der Waals surface area contributed by atoms with Gasteiger partial charge >= 0.3 is 12.0 Å². The van der Waals surface area contributed by atoms with Crippen LogP contribution in [0.4, 0.5) is 4.79 Å². The number of likely N-dealkylation sites (tertiary alicyclic amines) is 1. The number of carbonyl (C=O) groups is 2. The Balaban J connectivity index is 1.74. The van der Waals surface area contributed by atoms with Crippen molar-refractivity contribution >= 4 is 22.9 Å². The van der Waals surface area contributed by atoms with Crippen molar-refractivity contribution in [2.45, 2.75) is 25.8 Å². The molecule has 116 valence electrons. The van der Waals surface area contributed by atoms with Crippen LogP contribution in [0.5, 0.6) is 0 Å². The number of primary amides is 1. The first-order valence-electron chi connectivity index (χ1n) is 7.38. The average molecular weight is 301 g/mol. The van der Waals surface area contributed by atoms with Crippen molar-refractivity contribution in [2.75, 3.05) is 13.2 Å². The van der Waals surface area contributed by atoms with Gasteiger partial charge in [0.05, 0.1) is 11.6 Å². The molecule has 0 spiro atoms. The van der Waals surface area contributed by atoms with Crippen LogP contribution in [0.2, 0.25) is 0 Å². The molecule has 22 heavy (non-hydrogen) atoms. The van der Waals surface area contributed by atoms with Gasteiger partial charge in [0.25, 0.3) is 0 Å². The molecule has 1 unspecified atom stereocenters. The number of hydrogen-bond acceptors (Lipinski definition) is 3. The number of amides is 2. The number of nitrogens with two attached hydrogens (primary N) is 1. The second-order valence-corrected chi connectivity index (χ2v) is 5.60. The summed E-state index contributed by atoms with van der Waals surface area (Å²) in [6, 6.07) is 7.04. The fourth-order valence-corrected chi connectivity index (χ4v) is 3.08. The molecule has 2 heterocycles. The zero-order chi connectivity index (χ0) is 15.7. The minimum Gasteiger partial charge on any atom is -0.460 e. The van der Waals surface area contributed by atoms with E-state index in [4.69, 9.17) is 10.5 Å². The third kappa shape index (κ3) is 2.52. The Bertz CT molecular complexity index is 722. The van der Waals surface area contributed by atoms with E-state index in [1.165, 1.54) is 0 Å². The molecule has 1 fully saturated rings. The van der Waals surface area contributed by atoms with Crippen molar-refractivity contribution in [3.63, 3.8) is 0 Å². The molecule has 1 saturated heterocycles. The van der Waals surface area contributed by atoms with Gasteiger partial charge in [-0.1, -0.05) is 18.2 Å². The number of benzene rings is 1. The summed E-state index contributed by atoms with van der Waals surface area (Å²) in [6.07, 6.45) is 1.69. The van der Waals surface area contributed by atoms with Gasteiger partial charge in [0.1, 0.15) is 6.61 Å². The highest BCUT2D eigenvalue weighted by Gasteiger charge is 2.29. The Morgan fingerprint density at radius 2 is 2.18 bits per heavy atom. The minimum absolute atomic E-state index is 0.119. The monoisotopic (exact) mass is 301 g/mol. The fraction of sp³-hybridized carbons (Fsp3) is 0.375. The summed E-state index contributed by atoms with van der Waals surface area (Å²) < 4.78 is 5.43. The maximum atomic E-state index is 12.4. The third-order valence-corrected chi connectivity index (χ3v) is 4.16. The fourth-order valence-electron chi connectivity index (χ4n) is 3.08. The van der Waals surface area contributed by atoms with Crippen LogP contribution in [0.3, 0.4) is 0 Å². The van der Waals surface area contributed by atoms with Crippen molar-refractivity contribution < 1.29 is 14.3 Å². The van der Waals surface area contributed by atoms with E-state index in [9.17, 15) is 9.59 Å². The van der Waals surface area contributed by atoms with Gasteiger partial charge in [0.2, 0.25) is 0 Å². The number of nitrogens with zero attached hydrogens (tertiary/aromatic N) is 1. The number of fused-ring (bicyclic) bond motifs is 1. The van der Waals surface area contributed by atoms with Crippen LogP contribution in [0.15, 0.2) is 24.3 Å². The van der Waals surface area contributed by atoms with E-state index >= 15 is 0 Å². The van der Waals surface area contributed by atoms with Crippen molar-refractivity contribution in [3.05, 3.63) is 35.5 Å². The molecule has 1 atom stereocenters. The predicted molar refractivity (Wildman–Crippen MR) is 82.6 cm³/mol. The number of aromatic nitrogens is 1. The molecule has 2 amide bonds. The SMILES string of the molecule is Cc1[nH]c2ccccc2c1C(=O)OCC1CCCN1C(N)=O. The molecule has 1 aromatic heterocycles. The summed E-state index contributed by atoms with van der Waals surface area (Å²) >= 11 is 0. The molecule has 1 aliphatic heterocycles. The predicted octanol–water partition coefficient (Wildman–Crippen LogP) is 2.18. The number of hydrogen-bond donors (Lipinski definition) is 2. The Kier molecular flexibility index (Phi) is 3.75. The second kappa shape index (κ2) is 5.71. The van der Waals surface area contributed by atoms with Crippen LogP contribution < -0.4 is 5.73 Å². The van der Waals surface area contributed by atoms with Gasteiger partial charge in [-0.2, -0.15) is 0 Å². The number of ether oxygens (including phenoxy) is 1. The zero-order valence-corrected chi connectivity index (χ0v) is 12.5. The summed E-state index contributed by atoms with van der Waals surface area (Å²) in [4.78, 5) is 28.5. The number of nitrogens with one attached hydrogen (secondary N) is 1. The standard InChI is InChI=1S/C16H19N3O3/c1-10-14(12-6-2-3-7-13(12)18-10)15(20)22-9-11-5-4-8-19(11)16(17)21/h2-3,6-7,11,18H,4-5,8-9H2,1H3,(H2,17,21). The normalized spacial score (nSPS) is 17.9. The van der Waals surface area contributed by atoms with E-state index in [2.05, 4.69) is 4.98 Å². The highest BCUT2D eigenvalue weighted by atomic mass is 16.5. The molecule has 0 radical (unpaired) electrons. The van der Waals surface area contributed by atoms with Crippen molar-refractivity contribution in [2.24, 2.45) is 5.73 Å². The lowest BCUT2D eigenvalue weighted by Gasteiger charge is -2.22. The molecular weight excluding hydrogens is 282 g/mol. The van der Waals surface area contributed by atoms with Gasteiger partial charge in [0.15, 0.2) is 0 Å². The van der Waals surface area contributed by atoms with E-state index in [1.54, 1.807) is 4.90 Å². The molecule has 0 saturated carbocycles. The van der Waals surface area contributed by atoms with Crippen LogP contribution in [-0.4, -0.2) is 41.1 Å². The number of esters is 1. The summed E-state index contributed by atoms with van der Waals surface area (Å²) in [5, 5.41) is 0.850. The Morgan fingerprint density at radius 3 is 2.95 bits per heavy atom. The van der Waals surface area contributed by atoms with Crippen LogP contribution >= 0.6 is 0 Å². The summed E-state index contributed by atoms with van der Waals surface area (Å²) in [5.74, 6) is -0.369. The van der Waals surface area contributed by atoms with Gasteiger partial charge < -0.3 is 20.4 Å². The van der Waals surface area contributed by atoms with Crippen LogP contribution in [0, 0.1) is 6.92 Å². The van der Waals surface area contributed by atoms with Crippen molar-refractivity contribution in [1.29, 1.82) is 0 Å². The maximum absolute atomic E-state index is 12.4. The third-order valence-electron chi connectivity index (χ3n) is 4.16. The van der Waals surface area contributed by atoms with E-state index in [1.807, 2.05) is 31.2 Å². The van der Waals surface area contributed by atoms with Crippen LogP contribution in [-0.2, 0) is 4.74 Å². The lowest BCUT2D eigenvalue weighted by atomic mass is 10.1. The van der Waals surface area contributed by atoms with E-state index in [0.717, 1.165) is 29.4 Å². The Morgan fingerprint density at radius 1 is 1.41 bits per heavy atom.